The van der Waals surface area contributed by atoms with E-state index in [0.29, 0.717) is 6.42 Å². The lowest BCUT2D eigenvalue weighted by molar-refractivity contribution is 0.0487. The van der Waals surface area contributed by atoms with E-state index in [9.17, 15) is 19.5 Å². The van der Waals surface area contributed by atoms with Crippen LogP contribution in [-0.4, -0.2) is 34.7 Å². The predicted molar refractivity (Wildman–Crippen MR) is 130 cm³/mol. The molecule has 0 spiro atoms. The molecule has 0 aliphatic rings. The molecule has 1 aromatic carbocycles. The number of carboxylic acid groups (broad SMARTS) is 2. The lowest BCUT2D eigenvalue weighted by atomic mass is 10.0. The smallest absolute Gasteiger partial charge is 0.339 e. The van der Waals surface area contributed by atoms with Crippen molar-refractivity contribution >= 4 is 17.9 Å². The molecule has 186 valence electrons. The van der Waals surface area contributed by atoms with E-state index in [1.54, 1.807) is 0 Å². The average molecular weight is 463 g/mol. The quantitative estimate of drug-likeness (QED) is 0.154. The zero-order valence-electron chi connectivity index (χ0n) is 20.3. The molecule has 33 heavy (non-hydrogen) atoms. The van der Waals surface area contributed by atoms with Crippen LogP contribution in [0.25, 0.3) is 0 Å². The molecule has 0 bridgehead atoms. The number of carbonyl (C=O) groups is 3. The van der Waals surface area contributed by atoms with Crippen molar-refractivity contribution in [1.82, 2.24) is 0 Å². The lowest BCUT2D eigenvalue weighted by Gasteiger charge is -2.08. The summed E-state index contributed by atoms with van der Waals surface area (Å²) in [7, 11) is 0. The minimum absolute atomic E-state index is 0.144. The van der Waals surface area contributed by atoms with Crippen LogP contribution in [0.5, 0.6) is 0 Å². The molecule has 1 rings (SSSR count). The topological polar surface area (TPSA) is 101 Å². The molecule has 6 heteroatoms. The maximum Gasteiger partial charge on any atom is 0.339 e. The number of rotatable bonds is 20. The number of hydrogen-bond donors (Lipinski definition) is 2. The standard InChI is InChI=1S/C27H42O6/c1-2-3-4-5-6-7-8-9-10-11-12-13-14-15-16-17-20-33-27(32)24-21-22(25(28)29)18-19-23(24)26(30)31/h18-19,21H,2-17,20H2,1H3,(H,28,29)(H,30,31). The molecule has 0 aromatic heterocycles. The van der Waals surface area contributed by atoms with Gasteiger partial charge < -0.3 is 14.9 Å². The van der Waals surface area contributed by atoms with Gasteiger partial charge in [0.1, 0.15) is 0 Å². The molecule has 0 heterocycles. The maximum absolute atomic E-state index is 12.2. The van der Waals surface area contributed by atoms with E-state index >= 15 is 0 Å². The molecule has 6 nitrogen and oxygen atoms in total. The lowest BCUT2D eigenvalue weighted by Crippen LogP contribution is -2.14. The third kappa shape index (κ3) is 13.1. The normalized spacial score (nSPS) is 10.8. The van der Waals surface area contributed by atoms with E-state index in [0.717, 1.165) is 31.0 Å². The number of esters is 1. The highest BCUT2D eigenvalue weighted by Crippen LogP contribution is 2.16. The molecule has 0 radical (unpaired) electrons. The SMILES string of the molecule is CCCCCCCCCCCCCCCCCCOC(=O)c1cc(C(=O)O)ccc1C(=O)O. The van der Waals surface area contributed by atoms with Gasteiger partial charge in [0.25, 0.3) is 0 Å². The Balaban J connectivity index is 2.05. The van der Waals surface area contributed by atoms with E-state index in [1.807, 2.05) is 0 Å². The molecular formula is C27H42O6. The second-order valence-electron chi connectivity index (χ2n) is 8.81. The molecule has 1 aromatic rings. The van der Waals surface area contributed by atoms with Crippen LogP contribution in [0.1, 0.15) is 141 Å². The summed E-state index contributed by atoms with van der Waals surface area (Å²) in [6, 6.07) is 3.34. The Morgan fingerprint density at radius 3 is 1.52 bits per heavy atom. The van der Waals surface area contributed by atoms with E-state index in [4.69, 9.17) is 9.84 Å². The van der Waals surface area contributed by atoms with E-state index < -0.39 is 17.9 Å². The monoisotopic (exact) mass is 462 g/mol. The van der Waals surface area contributed by atoms with Gasteiger partial charge in [-0.1, -0.05) is 103 Å². The molecule has 0 aliphatic carbocycles. The number of unbranched alkanes of at least 4 members (excludes halogenated alkanes) is 15. The highest BCUT2D eigenvalue weighted by atomic mass is 16.5. The summed E-state index contributed by atoms with van der Waals surface area (Å²) in [5, 5.41) is 18.3. The molecule has 0 aliphatic heterocycles. The summed E-state index contributed by atoms with van der Waals surface area (Å²) in [5.41, 5.74) is -0.620. The first-order valence-corrected chi connectivity index (χ1v) is 12.7. The fourth-order valence-corrected chi connectivity index (χ4v) is 3.93. The summed E-state index contributed by atoms with van der Waals surface area (Å²) >= 11 is 0. The van der Waals surface area contributed by atoms with Crippen LogP contribution in [0.15, 0.2) is 18.2 Å². The van der Waals surface area contributed by atoms with Gasteiger partial charge in [0.05, 0.1) is 23.3 Å². The van der Waals surface area contributed by atoms with Crippen molar-refractivity contribution in [3.63, 3.8) is 0 Å². The Hall–Kier alpha value is -2.37. The third-order valence-corrected chi connectivity index (χ3v) is 5.95. The fraction of sp³-hybridized carbons (Fsp3) is 0.667. The van der Waals surface area contributed by atoms with Crippen molar-refractivity contribution in [2.75, 3.05) is 6.61 Å². The Labute approximate surface area is 198 Å². The zero-order valence-corrected chi connectivity index (χ0v) is 20.3. The van der Waals surface area contributed by atoms with Gasteiger partial charge in [-0.25, -0.2) is 14.4 Å². The maximum atomic E-state index is 12.2. The molecule has 0 atom stereocenters. The van der Waals surface area contributed by atoms with Crippen LogP contribution >= 0.6 is 0 Å². The Morgan fingerprint density at radius 1 is 0.636 bits per heavy atom. The molecule has 0 saturated carbocycles. The van der Waals surface area contributed by atoms with Gasteiger partial charge in [-0.05, 0) is 24.6 Å². The van der Waals surface area contributed by atoms with Crippen LogP contribution in [0, 0.1) is 0 Å². The van der Waals surface area contributed by atoms with Gasteiger partial charge in [0.15, 0.2) is 0 Å². The highest BCUT2D eigenvalue weighted by molar-refractivity contribution is 6.04. The van der Waals surface area contributed by atoms with Crippen molar-refractivity contribution in [2.24, 2.45) is 0 Å². The van der Waals surface area contributed by atoms with Crippen LogP contribution in [0.4, 0.5) is 0 Å². The summed E-state index contributed by atoms with van der Waals surface area (Å²) < 4.78 is 5.18. The zero-order chi connectivity index (χ0) is 24.3. The number of ether oxygens (including phenoxy) is 1. The van der Waals surface area contributed by atoms with E-state index in [1.165, 1.54) is 83.5 Å². The van der Waals surface area contributed by atoms with Crippen molar-refractivity contribution in [1.29, 1.82) is 0 Å². The number of carbonyl (C=O) groups excluding carboxylic acids is 1. The van der Waals surface area contributed by atoms with E-state index in [2.05, 4.69) is 6.92 Å². The van der Waals surface area contributed by atoms with Crippen molar-refractivity contribution < 1.29 is 29.3 Å². The van der Waals surface area contributed by atoms with Gasteiger partial charge >= 0.3 is 17.9 Å². The second-order valence-corrected chi connectivity index (χ2v) is 8.81. The Bertz CT molecular complexity index is 713. The fourth-order valence-electron chi connectivity index (χ4n) is 3.93. The van der Waals surface area contributed by atoms with E-state index in [-0.39, 0.29) is 23.3 Å². The van der Waals surface area contributed by atoms with Gasteiger partial charge in [-0.2, -0.15) is 0 Å². The van der Waals surface area contributed by atoms with Gasteiger partial charge in [0, 0.05) is 0 Å². The number of carboxylic acids is 2. The van der Waals surface area contributed by atoms with Crippen LogP contribution in [-0.2, 0) is 4.74 Å². The summed E-state index contributed by atoms with van der Waals surface area (Å²) in [6.45, 7) is 2.46. The summed E-state index contributed by atoms with van der Waals surface area (Å²) in [5.74, 6) is -3.31. The van der Waals surface area contributed by atoms with Crippen LogP contribution < -0.4 is 0 Å². The van der Waals surface area contributed by atoms with Gasteiger partial charge in [-0.15, -0.1) is 0 Å². The van der Waals surface area contributed by atoms with Gasteiger partial charge in [0.2, 0.25) is 0 Å². The first kappa shape index (κ1) is 28.7. The summed E-state index contributed by atoms with van der Waals surface area (Å²) in [6.07, 6.45) is 20.1. The molecule has 0 fully saturated rings. The second kappa shape index (κ2) is 18.1. The molecular weight excluding hydrogens is 420 g/mol. The third-order valence-electron chi connectivity index (χ3n) is 5.95. The minimum Gasteiger partial charge on any atom is -0.478 e. The molecule has 2 N–H and O–H groups in total. The predicted octanol–water partition coefficient (Wildman–Crippen LogP) is 7.50. The first-order chi connectivity index (χ1) is 16.0. The summed E-state index contributed by atoms with van der Waals surface area (Å²) in [4.78, 5) is 34.6. The van der Waals surface area contributed by atoms with Crippen molar-refractivity contribution in [3.05, 3.63) is 34.9 Å². The average Bonchev–Trinajstić information content (AvgIpc) is 2.80. The Kier molecular flexibility index (Phi) is 15.7. The molecule has 0 saturated heterocycles. The molecule has 0 amide bonds. The number of hydrogen-bond acceptors (Lipinski definition) is 4. The van der Waals surface area contributed by atoms with Gasteiger partial charge in [-0.3, -0.25) is 0 Å². The first-order valence-electron chi connectivity index (χ1n) is 12.7. The number of aromatic carboxylic acids is 2. The minimum atomic E-state index is -1.29. The number of benzene rings is 1. The van der Waals surface area contributed by atoms with Crippen LogP contribution in [0.2, 0.25) is 0 Å². The highest BCUT2D eigenvalue weighted by Gasteiger charge is 2.20. The van der Waals surface area contributed by atoms with Crippen LogP contribution in [0.3, 0.4) is 0 Å². The Morgan fingerprint density at radius 2 is 1.09 bits per heavy atom. The molecule has 0 unspecified atom stereocenters. The van der Waals surface area contributed by atoms with Crippen molar-refractivity contribution in [2.45, 2.75) is 110 Å². The largest absolute Gasteiger partial charge is 0.478 e. The van der Waals surface area contributed by atoms with Crippen molar-refractivity contribution in [3.8, 4) is 0 Å².